The molecule has 1 aliphatic rings. The van der Waals surface area contributed by atoms with Crippen molar-refractivity contribution in [2.24, 2.45) is 5.92 Å². The van der Waals surface area contributed by atoms with Crippen molar-refractivity contribution in [2.45, 2.75) is 44.8 Å². The van der Waals surface area contributed by atoms with Crippen LogP contribution in [0.4, 0.5) is 18.9 Å². The minimum Gasteiger partial charge on any atom is -0.376 e. The van der Waals surface area contributed by atoms with E-state index >= 15 is 0 Å². The zero-order valence-electron chi connectivity index (χ0n) is 14.7. The van der Waals surface area contributed by atoms with E-state index < -0.39 is 18.6 Å². The average Bonchev–Trinajstić information content (AvgIpc) is 2.59. The molecule has 144 valence electrons. The van der Waals surface area contributed by atoms with Gasteiger partial charge in [-0.2, -0.15) is 13.2 Å². The van der Waals surface area contributed by atoms with Gasteiger partial charge in [-0.1, -0.05) is 31.9 Å². The summed E-state index contributed by atoms with van der Waals surface area (Å²) in [5.41, 5.74) is 0.384. The molecule has 26 heavy (non-hydrogen) atoms. The van der Waals surface area contributed by atoms with E-state index in [0.717, 1.165) is 19.3 Å². The minimum atomic E-state index is -4.48. The summed E-state index contributed by atoms with van der Waals surface area (Å²) in [6, 6.07) is 6.30. The molecule has 0 saturated heterocycles. The number of nitrogens with one attached hydrogen (secondary N) is 3. The average molecular weight is 371 g/mol. The Hall–Kier alpha value is -2.25. The van der Waals surface area contributed by atoms with E-state index in [2.05, 4.69) is 17.6 Å². The van der Waals surface area contributed by atoms with Gasteiger partial charge < -0.3 is 16.0 Å². The van der Waals surface area contributed by atoms with Gasteiger partial charge in [-0.05, 0) is 30.9 Å². The van der Waals surface area contributed by atoms with Crippen LogP contribution in [0.3, 0.4) is 0 Å². The first-order valence-electron chi connectivity index (χ1n) is 8.73. The zero-order chi connectivity index (χ0) is 19.2. The molecule has 8 heteroatoms. The van der Waals surface area contributed by atoms with Gasteiger partial charge in [-0.15, -0.1) is 0 Å². The minimum absolute atomic E-state index is 0.0488. The van der Waals surface area contributed by atoms with Crippen LogP contribution in [0.2, 0.25) is 0 Å². The second-order valence-corrected chi connectivity index (χ2v) is 6.63. The number of carbonyl (C=O) groups is 2. The monoisotopic (exact) mass is 371 g/mol. The van der Waals surface area contributed by atoms with Crippen LogP contribution >= 0.6 is 0 Å². The highest BCUT2D eigenvalue weighted by atomic mass is 19.4. The SMILES string of the molecule is CC1CCCCC1NC(=O)CNc1ccccc1C(=O)NCC(F)(F)F. The standard InChI is InChI=1S/C18H24F3N3O2/c1-12-6-2-4-8-14(12)24-16(25)10-22-15-9-5-3-7-13(15)17(26)23-11-18(19,20)21/h3,5,7,9,12,14,22H,2,4,6,8,10-11H2,1H3,(H,23,26)(H,24,25). The van der Waals surface area contributed by atoms with E-state index in [1.54, 1.807) is 18.2 Å². The molecule has 0 bridgehead atoms. The van der Waals surface area contributed by atoms with Crippen LogP contribution in [0, 0.1) is 5.92 Å². The number of carbonyl (C=O) groups excluding carboxylic acids is 2. The molecule has 1 saturated carbocycles. The third-order valence-corrected chi connectivity index (χ3v) is 4.52. The summed E-state index contributed by atoms with van der Waals surface area (Å²) in [6.45, 7) is 0.658. The van der Waals surface area contributed by atoms with E-state index in [1.165, 1.54) is 12.5 Å². The fraction of sp³-hybridized carbons (Fsp3) is 0.556. The second-order valence-electron chi connectivity index (χ2n) is 6.63. The Morgan fingerprint density at radius 3 is 2.54 bits per heavy atom. The number of hydrogen-bond acceptors (Lipinski definition) is 3. The molecule has 0 radical (unpaired) electrons. The molecule has 2 rings (SSSR count). The van der Waals surface area contributed by atoms with Crippen molar-refractivity contribution in [1.82, 2.24) is 10.6 Å². The molecule has 2 amide bonds. The Kier molecular flexibility index (Phi) is 6.88. The van der Waals surface area contributed by atoms with Crippen molar-refractivity contribution < 1.29 is 22.8 Å². The lowest BCUT2D eigenvalue weighted by Gasteiger charge is -2.29. The number of halogens is 3. The highest BCUT2D eigenvalue weighted by Crippen LogP contribution is 2.23. The lowest BCUT2D eigenvalue weighted by Crippen LogP contribution is -2.43. The summed E-state index contributed by atoms with van der Waals surface area (Å²) in [7, 11) is 0. The van der Waals surface area contributed by atoms with Gasteiger partial charge in [0.05, 0.1) is 12.1 Å². The van der Waals surface area contributed by atoms with Crippen molar-refractivity contribution in [3.05, 3.63) is 29.8 Å². The molecule has 0 heterocycles. The van der Waals surface area contributed by atoms with Gasteiger partial charge >= 0.3 is 6.18 Å². The van der Waals surface area contributed by atoms with Crippen LogP contribution in [-0.2, 0) is 4.79 Å². The van der Waals surface area contributed by atoms with E-state index in [-0.39, 0.29) is 24.1 Å². The number of hydrogen-bond donors (Lipinski definition) is 3. The van der Waals surface area contributed by atoms with Gasteiger partial charge in [0.2, 0.25) is 5.91 Å². The molecule has 5 nitrogen and oxygen atoms in total. The first-order chi connectivity index (χ1) is 12.3. The summed E-state index contributed by atoms with van der Waals surface area (Å²) >= 11 is 0. The van der Waals surface area contributed by atoms with Gasteiger partial charge in [0, 0.05) is 11.7 Å². The first-order valence-corrected chi connectivity index (χ1v) is 8.73. The summed E-state index contributed by atoms with van der Waals surface area (Å²) in [5, 5.41) is 7.66. The van der Waals surface area contributed by atoms with Gasteiger partial charge in [-0.3, -0.25) is 9.59 Å². The highest BCUT2D eigenvalue weighted by Gasteiger charge is 2.28. The molecule has 2 unspecified atom stereocenters. The van der Waals surface area contributed by atoms with Gasteiger partial charge in [0.25, 0.3) is 5.91 Å². The molecule has 1 aliphatic carbocycles. The largest absolute Gasteiger partial charge is 0.405 e. The third kappa shape index (κ3) is 6.24. The lowest BCUT2D eigenvalue weighted by molar-refractivity contribution is -0.123. The van der Waals surface area contributed by atoms with Crippen LogP contribution < -0.4 is 16.0 Å². The molecule has 2 atom stereocenters. The van der Waals surface area contributed by atoms with Gasteiger partial charge in [0.15, 0.2) is 0 Å². The number of rotatable bonds is 6. The van der Waals surface area contributed by atoms with E-state index in [9.17, 15) is 22.8 Å². The normalized spacial score (nSPS) is 20.3. The Balaban J connectivity index is 1.91. The van der Waals surface area contributed by atoms with E-state index in [4.69, 9.17) is 0 Å². The summed E-state index contributed by atoms with van der Waals surface area (Å²) < 4.78 is 36.8. The topological polar surface area (TPSA) is 70.2 Å². The van der Waals surface area contributed by atoms with Crippen molar-refractivity contribution in [3.8, 4) is 0 Å². The maximum absolute atomic E-state index is 12.3. The maximum atomic E-state index is 12.3. The Labute approximate surface area is 150 Å². The quantitative estimate of drug-likeness (QED) is 0.720. The smallest absolute Gasteiger partial charge is 0.376 e. The van der Waals surface area contributed by atoms with Crippen molar-refractivity contribution in [3.63, 3.8) is 0 Å². The highest BCUT2D eigenvalue weighted by molar-refractivity contribution is 6.00. The lowest BCUT2D eigenvalue weighted by atomic mass is 9.86. The van der Waals surface area contributed by atoms with Gasteiger partial charge in [-0.25, -0.2) is 0 Å². The van der Waals surface area contributed by atoms with Gasteiger partial charge in [0.1, 0.15) is 6.54 Å². The molecular weight excluding hydrogens is 347 g/mol. The number of para-hydroxylation sites is 1. The Morgan fingerprint density at radius 1 is 1.15 bits per heavy atom. The maximum Gasteiger partial charge on any atom is 0.405 e. The molecular formula is C18H24F3N3O2. The van der Waals surface area contributed by atoms with Crippen LogP contribution in [0.15, 0.2) is 24.3 Å². The van der Waals surface area contributed by atoms with Crippen molar-refractivity contribution >= 4 is 17.5 Å². The predicted molar refractivity (Wildman–Crippen MR) is 92.9 cm³/mol. The molecule has 0 spiro atoms. The predicted octanol–water partition coefficient (Wildman–Crippen LogP) is 3.09. The fourth-order valence-corrected chi connectivity index (χ4v) is 3.08. The second kappa shape index (κ2) is 8.91. The zero-order valence-corrected chi connectivity index (χ0v) is 14.7. The summed E-state index contributed by atoms with van der Waals surface area (Å²) in [4.78, 5) is 24.1. The summed E-state index contributed by atoms with van der Waals surface area (Å²) in [5.74, 6) is -0.617. The fourth-order valence-electron chi connectivity index (χ4n) is 3.08. The van der Waals surface area contributed by atoms with E-state index in [0.29, 0.717) is 11.6 Å². The van der Waals surface area contributed by atoms with Crippen LogP contribution in [-0.4, -0.2) is 37.1 Å². The van der Waals surface area contributed by atoms with Crippen molar-refractivity contribution in [2.75, 3.05) is 18.4 Å². The Bertz CT molecular complexity index is 634. The van der Waals surface area contributed by atoms with Crippen LogP contribution in [0.5, 0.6) is 0 Å². The molecule has 1 aromatic rings. The molecule has 3 N–H and O–H groups in total. The summed E-state index contributed by atoms with van der Waals surface area (Å²) in [6.07, 6.45) is -0.185. The van der Waals surface area contributed by atoms with Crippen molar-refractivity contribution in [1.29, 1.82) is 0 Å². The first kappa shape index (κ1) is 20.1. The molecule has 1 fully saturated rings. The van der Waals surface area contributed by atoms with Crippen LogP contribution in [0.1, 0.15) is 43.0 Å². The van der Waals surface area contributed by atoms with E-state index in [1.807, 2.05) is 5.32 Å². The number of alkyl halides is 3. The Morgan fingerprint density at radius 2 is 1.85 bits per heavy atom. The number of benzene rings is 1. The molecule has 0 aliphatic heterocycles. The number of amides is 2. The van der Waals surface area contributed by atoms with Crippen LogP contribution in [0.25, 0.3) is 0 Å². The third-order valence-electron chi connectivity index (χ3n) is 4.52. The molecule has 0 aromatic heterocycles. The molecule has 1 aromatic carbocycles. The number of anilines is 1.